The number of hydrogen-bond acceptors (Lipinski definition) is 4. The molecule has 2 aromatic rings. The maximum Gasteiger partial charge on any atom is 0.255 e. The summed E-state index contributed by atoms with van der Waals surface area (Å²) in [6.45, 7) is 3.50. The van der Waals surface area contributed by atoms with Crippen LogP contribution in [-0.2, 0) is 0 Å². The molecule has 3 N–H and O–H groups in total. The Kier molecular flexibility index (Phi) is 4.30. The monoisotopic (exact) mass is 258 g/mol. The molecule has 5 heteroatoms. The molecular formula is C14H18N4O. The number of nitrogens with zero attached hydrogens (tertiary/aromatic N) is 2. The van der Waals surface area contributed by atoms with E-state index in [0.29, 0.717) is 12.5 Å². The van der Waals surface area contributed by atoms with Gasteiger partial charge in [0.25, 0.3) is 5.56 Å². The van der Waals surface area contributed by atoms with Crippen LogP contribution in [0.25, 0.3) is 5.69 Å². The second-order valence-electron chi connectivity index (χ2n) is 4.53. The summed E-state index contributed by atoms with van der Waals surface area (Å²) in [7, 11) is 0. The van der Waals surface area contributed by atoms with Crippen molar-refractivity contribution < 1.29 is 0 Å². The molecule has 2 aromatic heterocycles. The third-order valence-electron chi connectivity index (χ3n) is 2.88. The van der Waals surface area contributed by atoms with Crippen molar-refractivity contribution >= 4 is 5.82 Å². The van der Waals surface area contributed by atoms with Gasteiger partial charge in [0.1, 0.15) is 5.82 Å². The molecule has 2 rings (SSSR count). The summed E-state index contributed by atoms with van der Waals surface area (Å²) in [5.74, 6) is 1.19. The highest BCUT2D eigenvalue weighted by atomic mass is 16.1. The molecule has 0 bridgehead atoms. The molecule has 0 saturated carbocycles. The number of hydrogen-bond donors (Lipinski definition) is 2. The molecule has 1 atom stereocenters. The third-order valence-corrected chi connectivity index (χ3v) is 2.88. The lowest BCUT2D eigenvalue weighted by Gasteiger charge is -2.11. The first-order chi connectivity index (χ1) is 9.20. The highest BCUT2D eigenvalue weighted by Crippen LogP contribution is 2.08. The van der Waals surface area contributed by atoms with Crippen molar-refractivity contribution in [1.29, 1.82) is 0 Å². The van der Waals surface area contributed by atoms with E-state index >= 15 is 0 Å². The van der Waals surface area contributed by atoms with E-state index in [1.54, 1.807) is 23.0 Å². The third kappa shape index (κ3) is 3.42. The SMILES string of the molecule is CC(CN)CNc1ccc(-n2ccccc2=O)cn1. The van der Waals surface area contributed by atoms with E-state index in [9.17, 15) is 4.79 Å². The zero-order valence-corrected chi connectivity index (χ0v) is 10.9. The van der Waals surface area contributed by atoms with Crippen LogP contribution in [0, 0.1) is 5.92 Å². The summed E-state index contributed by atoms with van der Waals surface area (Å²) >= 11 is 0. The lowest BCUT2D eigenvalue weighted by atomic mass is 10.2. The van der Waals surface area contributed by atoms with Crippen molar-refractivity contribution in [2.45, 2.75) is 6.92 Å². The Hall–Kier alpha value is -2.14. The summed E-state index contributed by atoms with van der Waals surface area (Å²) in [4.78, 5) is 16.0. The van der Waals surface area contributed by atoms with Gasteiger partial charge in [-0.05, 0) is 30.7 Å². The van der Waals surface area contributed by atoms with Crippen LogP contribution in [0.5, 0.6) is 0 Å². The van der Waals surface area contributed by atoms with Crippen LogP contribution in [0.1, 0.15) is 6.92 Å². The van der Waals surface area contributed by atoms with Gasteiger partial charge in [-0.3, -0.25) is 9.36 Å². The second-order valence-corrected chi connectivity index (χ2v) is 4.53. The standard InChI is InChI=1S/C14H18N4O/c1-11(8-15)9-16-13-6-5-12(10-17-13)18-7-3-2-4-14(18)19/h2-7,10-11H,8-9,15H2,1H3,(H,16,17). The van der Waals surface area contributed by atoms with Crippen molar-refractivity contribution in [2.75, 3.05) is 18.4 Å². The van der Waals surface area contributed by atoms with Crippen LogP contribution < -0.4 is 16.6 Å². The van der Waals surface area contributed by atoms with Crippen molar-refractivity contribution in [3.63, 3.8) is 0 Å². The van der Waals surface area contributed by atoms with Crippen molar-refractivity contribution in [3.8, 4) is 5.69 Å². The number of rotatable bonds is 5. The Morgan fingerprint density at radius 2 is 2.21 bits per heavy atom. The Labute approximate surface area is 112 Å². The van der Waals surface area contributed by atoms with Gasteiger partial charge in [-0.1, -0.05) is 13.0 Å². The lowest BCUT2D eigenvalue weighted by Crippen LogP contribution is -2.20. The fraction of sp³-hybridized carbons (Fsp3) is 0.286. The molecule has 0 fully saturated rings. The molecule has 100 valence electrons. The topological polar surface area (TPSA) is 72.9 Å². The summed E-state index contributed by atoms with van der Waals surface area (Å²) < 4.78 is 1.55. The minimum absolute atomic E-state index is 0.0678. The van der Waals surface area contributed by atoms with Crippen LogP contribution in [0.3, 0.4) is 0 Å². The van der Waals surface area contributed by atoms with Crippen LogP contribution in [0.2, 0.25) is 0 Å². The predicted molar refractivity (Wildman–Crippen MR) is 76.5 cm³/mol. The normalized spacial score (nSPS) is 12.1. The Morgan fingerprint density at radius 1 is 1.37 bits per heavy atom. The molecule has 2 heterocycles. The van der Waals surface area contributed by atoms with Crippen molar-refractivity contribution in [3.05, 3.63) is 53.1 Å². The zero-order valence-electron chi connectivity index (χ0n) is 10.9. The Balaban J connectivity index is 2.11. The molecule has 0 aliphatic carbocycles. The fourth-order valence-electron chi connectivity index (χ4n) is 1.64. The Morgan fingerprint density at radius 3 is 2.84 bits per heavy atom. The van der Waals surface area contributed by atoms with Gasteiger partial charge in [0, 0.05) is 18.8 Å². The Bertz CT molecular complexity index is 576. The van der Waals surface area contributed by atoms with Crippen LogP contribution in [-0.4, -0.2) is 22.6 Å². The molecule has 0 radical (unpaired) electrons. The molecule has 19 heavy (non-hydrogen) atoms. The molecule has 0 aliphatic rings. The average molecular weight is 258 g/mol. The average Bonchev–Trinajstić information content (AvgIpc) is 2.46. The van der Waals surface area contributed by atoms with E-state index in [4.69, 9.17) is 5.73 Å². The van der Waals surface area contributed by atoms with Crippen LogP contribution in [0.15, 0.2) is 47.5 Å². The first kappa shape index (κ1) is 13.3. The number of aromatic nitrogens is 2. The number of nitrogens with two attached hydrogens (primary N) is 1. The van der Waals surface area contributed by atoms with Gasteiger partial charge < -0.3 is 11.1 Å². The van der Waals surface area contributed by atoms with Gasteiger partial charge in [0.2, 0.25) is 0 Å². The lowest BCUT2D eigenvalue weighted by molar-refractivity contribution is 0.627. The summed E-state index contributed by atoms with van der Waals surface area (Å²) in [5, 5.41) is 3.21. The van der Waals surface area contributed by atoms with Crippen molar-refractivity contribution in [1.82, 2.24) is 9.55 Å². The largest absolute Gasteiger partial charge is 0.370 e. The molecule has 0 amide bonds. The summed E-state index contributed by atoms with van der Waals surface area (Å²) in [5.41, 5.74) is 6.24. The van der Waals surface area contributed by atoms with Crippen molar-refractivity contribution in [2.24, 2.45) is 11.7 Å². The van der Waals surface area contributed by atoms with Gasteiger partial charge in [0.15, 0.2) is 0 Å². The van der Waals surface area contributed by atoms with E-state index in [-0.39, 0.29) is 5.56 Å². The number of pyridine rings is 2. The molecule has 0 aliphatic heterocycles. The highest BCUT2D eigenvalue weighted by Gasteiger charge is 2.01. The van der Waals surface area contributed by atoms with Crippen LogP contribution in [0.4, 0.5) is 5.82 Å². The van der Waals surface area contributed by atoms with Gasteiger partial charge >= 0.3 is 0 Å². The number of nitrogens with one attached hydrogen (secondary N) is 1. The predicted octanol–water partition coefficient (Wildman–Crippen LogP) is 1.24. The first-order valence-corrected chi connectivity index (χ1v) is 6.29. The van der Waals surface area contributed by atoms with E-state index in [0.717, 1.165) is 18.1 Å². The fourth-order valence-corrected chi connectivity index (χ4v) is 1.64. The smallest absolute Gasteiger partial charge is 0.255 e. The molecule has 0 spiro atoms. The zero-order chi connectivity index (χ0) is 13.7. The summed E-state index contributed by atoms with van der Waals surface area (Å²) in [6, 6.07) is 8.78. The van der Waals surface area contributed by atoms with Gasteiger partial charge in [-0.25, -0.2) is 4.98 Å². The molecular weight excluding hydrogens is 240 g/mol. The second kappa shape index (κ2) is 6.15. The maximum absolute atomic E-state index is 11.7. The quantitative estimate of drug-likeness (QED) is 0.846. The minimum Gasteiger partial charge on any atom is -0.370 e. The maximum atomic E-state index is 11.7. The highest BCUT2D eigenvalue weighted by molar-refractivity contribution is 5.40. The van der Waals surface area contributed by atoms with Gasteiger partial charge in [-0.2, -0.15) is 0 Å². The van der Waals surface area contributed by atoms with Gasteiger partial charge in [-0.15, -0.1) is 0 Å². The van der Waals surface area contributed by atoms with E-state index < -0.39 is 0 Å². The van der Waals surface area contributed by atoms with E-state index in [1.165, 1.54) is 6.07 Å². The first-order valence-electron chi connectivity index (χ1n) is 6.29. The van der Waals surface area contributed by atoms with E-state index in [1.807, 2.05) is 18.2 Å². The molecule has 0 aromatic carbocycles. The number of anilines is 1. The van der Waals surface area contributed by atoms with E-state index in [2.05, 4.69) is 17.2 Å². The molecule has 0 saturated heterocycles. The summed E-state index contributed by atoms with van der Waals surface area (Å²) in [6.07, 6.45) is 3.40. The minimum atomic E-state index is -0.0678. The molecule has 5 nitrogen and oxygen atoms in total. The van der Waals surface area contributed by atoms with Gasteiger partial charge in [0.05, 0.1) is 11.9 Å². The van der Waals surface area contributed by atoms with Crippen LogP contribution >= 0.6 is 0 Å². The molecule has 1 unspecified atom stereocenters.